The summed E-state index contributed by atoms with van der Waals surface area (Å²) < 4.78 is 11.9. The molecule has 0 saturated heterocycles. The second-order valence-corrected chi connectivity index (χ2v) is 9.31. The van der Waals surface area contributed by atoms with Crippen LogP contribution in [-0.4, -0.2) is 29.1 Å². The maximum atomic E-state index is 13.4. The highest BCUT2D eigenvalue weighted by atomic mass is 35.5. The number of carbonyl (C=O) groups excluding carboxylic acids is 1. The Morgan fingerprint density at radius 2 is 1.59 bits per heavy atom. The molecule has 6 nitrogen and oxygen atoms in total. The summed E-state index contributed by atoms with van der Waals surface area (Å²) in [6.07, 6.45) is -0.789. The predicted octanol–water partition coefficient (Wildman–Crippen LogP) is 6.51. The van der Waals surface area contributed by atoms with Crippen molar-refractivity contribution in [3.8, 4) is 5.75 Å². The van der Waals surface area contributed by atoms with Crippen LogP contribution >= 0.6 is 23.2 Å². The number of fused-ring (bicyclic) bond motifs is 1. The Balaban J connectivity index is 1.57. The average Bonchev–Trinajstić information content (AvgIpc) is 2.91. The number of hydrogen-bond donors (Lipinski definition) is 2. The molecule has 1 amide bonds. The molecule has 0 fully saturated rings. The van der Waals surface area contributed by atoms with E-state index >= 15 is 0 Å². The molecule has 0 saturated carbocycles. The number of nitrogens with one attached hydrogen (secondary N) is 1. The van der Waals surface area contributed by atoms with E-state index in [1.807, 2.05) is 54.6 Å². The largest absolute Gasteiger partial charge is 0.487 e. The molecule has 4 rings (SSSR count). The van der Waals surface area contributed by atoms with Gasteiger partial charge in [-0.2, -0.15) is 0 Å². The molecular formula is C29H25Cl2NO5. The van der Waals surface area contributed by atoms with Crippen molar-refractivity contribution in [2.75, 3.05) is 0 Å². The molecular weight excluding hydrogens is 513 g/mol. The maximum Gasteiger partial charge on any atom is 0.328 e. The summed E-state index contributed by atoms with van der Waals surface area (Å²) >= 11 is 12.2. The summed E-state index contributed by atoms with van der Waals surface area (Å²) in [7, 11) is 0. The SMILES string of the molecule is CC(OCc1ccccc1)C(NC(=O)c1ccc2ccccc2c1OCc1ccc(Cl)c(Cl)c1)C(=O)O. The first-order chi connectivity index (χ1) is 17.8. The number of carboxylic acids is 1. The van der Waals surface area contributed by atoms with Crippen molar-refractivity contribution in [2.24, 2.45) is 0 Å². The van der Waals surface area contributed by atoms with Gasteiger partial charge in [0.05, 0.1) is 28.3 Å². The number of ether oxygens (including phenoxy) is 2. The molecule has 0 aliphatic rings. The average molecular weight is 538 g/mol. The van der Waals surface area contributed by atoms with Gasteiger partial charge in [-0.3, -0.25) is 4.79 Å². The van der Waals surface area contributed by atoms with Crippen LogP contribution in [-0.2, 0) is 22.7 Å². The molecule has 0 aliphatic heterocycles. The molecule has 0 aliphatic carbocycles. The lowest BCUT2D eigenvalue weighted by Crippen LogP contribution is -2.48. The first kappa shape index (κ1) is 26.5. The summed E-state index contributed by atoms with van der Waals surface area (Å²) in [5.74, 6) is -1.45. The fraction of sp³-hybridized carbons (Fsp3) is 0.172. The number of rotatable bonds is 10. The first-order valence-electron chi connectivity index (χ1n) is 11.6. The number of amides is 1. The normalized spacial score (nSPS) is 12.6. The fourth-order valence-electron chi connectivity index (χ4n) is 3.86. The third-order valence-corrected chi connectivity index (χ3v) is 6.61. The first-order valence-corrected chi connectivity index (χ1v) is 12.4. The van der Waals surface area contributed by atoms with E-state index in [4.69, 9.17) is 32.7 Å². The Morgan fingerprint density at radius 1 is 0.865 bits per heavy atom. The van der Waals surface area contributed by atoms with Crippen LogP contribution in [0.3, 0.4) is 0 Å². The molecule has 0 spiro atoms. The number of carbonyl (C=O) groups is 2. The summed E-state index contributed by atoms with van der Waals surface area (Å²) in [6.45, 7) is 1.96. The smallest absolute Gasteiger partial charge is 0.328 e. The van der Waals surface area contributed by atoms with Crippen molar-refractivity contribution >= 4 is 45.9 Å². The molecule has 2 N–H and O–H groups in total. The quantitative estimate of drug-likeness (QED) is 0.240. The Bertz CT molecular complexity index is 1410. The number of halogens is 2. The highest BCUT2D eigenvalue weighted by molar-refractivity contribution is 6.42. The Hall–Kier alpha value is -3.58. The molecule has 4 aromatic carbocycles. The van der Waals surface area contributed by atoms with Gasteiger partial charge >= 0.3 is 5.97 Å². The second kappa shape index (κ2) is 12.1. The third kappa shape index (κ3) is 6.60. The van der Waals surface area contributed by atoms with Gasteiger partial charge in [-0.05, 0) is 41.6 Å². The molecule has 0 bridgehead atoms. The van der Waals surface area contributed by atoms with Crippen molar-refractivity contribution in [3.05, 3.63) is 112 Å². The molecule has 0 radical (unpaired) electrons. The van der Waals surface area contributed by atoms with Gasteiger partial charge in [-0.15, -0.1) is 0 Å². The third-order valence-electron chi connectivity index (χ3n) is 5.87. The van der Waals surface area contributed by atoms with Gasteiger partial charge in [0.2, 0.25) is 0 Å². The topological polar surface area (TPSA) is 84.9 Å². The van der Waals surface area contributed by atoms with Crippen LogP contribution in [0.4, 0.5) is 0 Å². The zero-order chi connectivity index (χ0) is 26.4. The van der Waals surface area contributed by atoms with Gasteiger partial charge in [0.25, 0.3) is 5.91 Å². The van der Waals surface area contributed by atoms with E-state index < -0.39 is 24.0 Å². The summed E-state index contributed by atoms with van der Waals surface area (Å²) in [5.41, 5.74) is 1.87. The number of hydrogen-bond acceptors (Lipinski definition) is 4. The summed E-state index contributed by atoms with van der Waals surface area (Å²) in [6, 6.07) is 24.2. The van der Waals surface area contributed by atoms with Crippen molar-refractivity contribution in [2.45, 2.75) is 32.3 Å². The lowest BCUT2D eigenvalue weighted by Gasteiger charge is -2.23. The van der Waals surface area contributed by atoms with E-state index in [1.165, 1.54) is 0 Å². The van der Waals surface area contributed by atoms with Crippen LogP contribution in [0.15, 0.2) is 84.9 Å². The van der Waals surface area contributed by atoms with Gasteiger partial charge in [0.15, 0.2) is 6.04 Å². The van der Waals surface area contributed by atoms with Gasteiger partial charge in [0.1, 0.15) is 12.4 Å². The van der Waals surface area contributed by atoms with Crippen LogP contribution in [0.1, 0.15) is 28.4 Å². The Kier molecular flexibility index (Phi) is 8.66. The molecule has 0 heterocycles. The van der Waals surface area contributed by atoms with Gasteiger partial charge in [0, 0.05) is 5.39 Å². The second-order valence-electron chi connectivity index (χ2n) is 8.49. The highest BCUT2D eigenvalue weighted by Gasteiger charge is 2.29. The van der Waals surface area contributed by atoms with E-state index in [0.717, 1.165) is 21.9 Å². The molecule has 4 aromatic rings. The van der Waals surface area contributed by atoms with E-state index in [0.29, 0.717) is 15.8 Å². The standard InChI is InChI=1S/C29H25Cl2NO5/c1-18(36-16-19-7-3-2-4-8-19)26(29(34)35)32-28(33)23-13-12-21-9-5-6-10-22(21)27(23)37-17-20-11-14-24(30)25(31)15-20/h2-15,18,26H,16-17H2,1H3,(H,32,33)(H,34,35). The molecule has 190 valence electrons. The molecule has 0 aromatic heterocycles. The Morgan fingerprint density at radius 3 is 2.32 bits per heavy atom. The van der Waals surface area contributed by atoms with Crippen molar-refractivity contribution in [1.82, 2.24) is 5.32 Å². The molecule has 2 atom stereocenters. The number of benzene rings is 4. The molecule has 2 unspecified atom stereocenters. The van der Waals surface area contributed by atoms with Crippen LogP contribution < -0.4 is 10.1 Å². The fourth-order valence-corrected chi connectivity index (χ4v) is 4.18. The molecule has 37 heavy (non-hydrogen) atoms. The van der Waals surface area contributed by atoms with Crippen molar-refractivity contribution in [1.29, 1.82) is 0 Å². The number of aliphatic carboxylic acids is 1. The maximum absolute atomic E-state index is 13.4. The van der Waals surface area contributed by atoms with E-state index in [2.05, 4.69) is 5.32 Å². The summed E-state index contributed by atoms with van der Waals surface area (Å²) in [4.78, 5) is 25.4. The Labute approximate surface area is 224 Å². The van der Waals surface area contributed by atoms with E-state index in [9.17, 15) is 14.7 Å². The van der Waals surface area contributed by atoms with E-state index in [1.54, 1.807) is 37.3 Å². The van der Waals surface area contributed by atoms with Crippen molar-refractivity contribution < 1.29 is 24.2 Å². The highest BCUT2D eigenvalue weighted by Crippen LogP contribution is 2.31. The van der Waals surface area contributed by atoms with Gasteiger partial charge in [-0.25, -0.2) is 4.79 Å². The minimum absolute atomic E-state index is 0.129. The summed E-state index contributed by atoms with van der Waals surface area (Å²) in [5, 5.41) is 14.9. The van der Waals surface area contributed by atoms with Crippen LogP contribution in [0.5, 0.6) is 5.75 Å². The lowest BCUT2D eigenvalue weighted by atomic mass is 10.0. The van der Waals surface area contributed by atoms with Crippen LogP contribution in [0, 0.1) is 0 Å². The molecule has 8 heteroatoms. The van der Waals surface area contributed by atoms with Gasteiger partial charge < -0.3 is 19.9 Å². The van der Waals surface area contributed by atoms with Gasteiger partial charge in [-0.1, -0.05) is 89.9 Å². The monoisotopic (exact) mass is 537 g/mol. The predicted molar refractivity (Wildman–Crippen MR) is 144 cm³/mol. The zero-order valence-corrected chi connectivity index (χ0v) is 21.5. The zero-order valence-electron chi connectivity index (χ0n) is 20.0. The number of carboxylic acid groups (broad SMARTS) is 1. The minimum atomic E-state index is -1.27. The van der Waals surface area contributed by atoms with Crippen molar-refractivity contribution in [3.63, 3.8) is 0 Å². The minimum Gasteiger partial charge on any atom is -0.487 e. The van der Waals surface area contributed by atoms with E-state index in [-0.39, 0.29) is 18.8 Å². The van der Waals surface area contributed by atoms with Crippen LogP contribution in [0.2, 0.25) is 10.0 Å². The van der Waals surface area contributed by atoms with Crippen LogP contribution in [0.25, 0.3) is 10.8 Å². The lowest BCUT2D eigenvalue weighted by molar-refractivity contribution is -0.143.